The minimum Gasteiger partial charge on any atom is -0.432 e. The highest BCUT2D eigenvalue weighted by Crippen LogP contribution is 2.60. The molecule has 2 aliphatic heterocycles. The van der Waals surface area contributed by atoms with Gasteiger partial charge in [0.05, 0.1) is 24.0 Å². The molecule has 1 fully saturated rings. The first-order valence-corrected chi connectivity index (χ1v) is 18.9. The van der Waals surface area contributed by atoms with E-state index in [1.807, 2.05) is 74.6 Å². The molecule has 1 spiro atoms. The van der Waals surface area contributed by atoms with Crippen LogP contribution >= 0.6 is 11.6 Å². The maximum atomic E-state index is 14.7. The van der Waals surface area contributed by atoms with Gasteiger partial charge >= 0.3 is 0 Å². The SMILES string of the molecule is C[C@@H]1[C@@H]([Si](C)(C)O)[C@H](CCn2cc(CCO)nn2)O[C@@]12C(=O)N(Cc1cccc(NC(=O)c3ccccc3)c1)c1ccc(Cl)cc12. The molecule has 1 saturated heterocycles. The number of carbonyl (C=O) groups excluding carboxylic acids is 2. The molecule has 0 saturated carbocycles. The number of hydrogen-bond donors (Lipinski definition) is 3. The van der Waals surface area contributed by atoms with E-state index in [9.17, 15) is 19.5 Å². The monoisotopic (exact) mass is 659 g/mol. The van der Waals surface area contributed by atoms with Gasteiger partial charge in [-0.2, -0.15) is 0 Å². The first-order valence-electron chi connectivity index (χ1n) is 15.5. The van der Waals surface area contributed by atoms with Gasteiger partial charge in [-0.1, -0.05) is 54.1 Å². The predicted octanol–water partition coefficient (Wildman–Crippen LogP) is 5.15. The van der Waals surface area contributed by atoms with Gasteiger partial charge in [-0.3, -0.25) is 14.3 Å². The van der Waals surface area contributed by atoms with Gasteiger partial charge in [-0.05, 0) is 67.5 Å². The molecule has 240 valence electrons. The highest BCUT2D eigenvalue weighted by atomic mass is 35.5. The van der Waals surface area contributed by atoms with E-state index in [-0.39, 0.29) is 36.4 Å². The van der Waals surface area contributed by atoms with Crippen molar-refractivity contribution in [3.05, 3.63) is 106 Å². The number of aliphatic hydroxyl groups is 1. The van der Waals surface area contributed by atoms with Gasteiger partial charge in [0.25, 0.3) is 11.8 Å². The average Bonchev–Trinajstić information content (AvgIpc) is 3.67. The summed E-state index contributed by atoms with van der Waals surface area (Å²) in [6, 6.07) is 21.9. The van der Waals surface area contributed by atoms with Crippen LogP contribution in [0.3, 0.4) is 0 Å². The molecule has 2 amide bonds. The van der Waals surface area contributed by atoms with E-state index >= 15 is 0 Å². The second kappa shape index (κ2) is 12.7. The maximum Gasteiger partial charge on any atom is 0.264 e. The molecule has 3 aromatic carbocycles. The van der Waals surface area contributed by atoms with Crippen molar-refractivity contribution >= 4 is 43.1 Å². The largest absolute Gasteiger partial charge is 0.432 e. The lowest BCUT2D eigenvalue weighted by Crippen LogP contribution is -2.46. The molecule has 3 N–H and O–H groups in total. The summed E-state index contributed by atoms with van der Waals surface area (Å²) in [5, 5.41) is 21.0. The molecular formula is C34H38ClN5O5Si. The Hall–Kier alpha value is -3.87. The average molecular weight is 660 g/mol. The van der Waals surface area contributed by atoms with Crippen molar-refractivity contribution in [3.8, 4) is 0 Å². The smallest absolute Gasteiger partial charge is 0.264 e. The van der Waals surface area contributed by atoms with E-state index in [2.05, 4.69) is 15.6 Å². The maximum absolute atomic E-state index is 14.7. The molecule has 0 aliphatic carbocycles. The first kappa shape index (κ1) is 32.1. The summed E-state index contributed by atoms with van der Waals surface area (Å²) in [5.74, 6) is -0.755. The zero-order valence-corrected chi connectivity index (χ0v) is 27.8. The lowest BCUT2D eigenvalue weighted by atomic mass is 9.82. The number of amides is 2. The number of aliphatic hydroxyl groups excluding tert-OH is 1. The molecule has 1 aromatic heterocycles. The fourth-order valence-corrected chi connectivity index (χ4v) is 9.91. The normalized spacial score (nSPS) is 22.4. The van der Waals surface area contributed by atoms with E-state index in [0.717, 1.165) is 5.56 Å². The Morgan fingerprint density at radius 2 is 1.89 bits per heavy atom. The topological polar surface area (TPSA) is 130 Å². The third-order valence-corrected chi connectivity index (χ3v) is 11.8. The number of aryl methyl sites for hydroxylation is 1. The van der Waals surface area contributed by atoms with Crippen LogP contribution in [0.25, 0.3) is 0 Å². The first-order chi connectivity index (χ1) is 22.0. The van der Waals surface area contributed by atoms with Gasteiger partial charge in [0.15, 0.2) is 13.9 Å². The lowest BCUT2D eigenvalue weighted by molar-refractivity contribution is -0.146. The van der Waals surface area contributed by atoms with Crippen LogP contribution in [0.4, 0.5) is 11.4 Å². The van der Waals surface area contributed by atoms with Gasteiger partial charge in [0.1, 0.15) is 0 Å². The predicted molar refractivity (Wildman–Crippen MR) is 178 cm³/mol. The fraction of sp³-hybridized carbons (Fsp3) is 0.353. The molecule has 0 unspecified atom stereocenters. The van der Waals surface area contributed by atoms with Crippen molar-refractivity contribution in [2.24, 2.45) is 5.92 Å². The van der Waals surface area contributed by atoms with Crippen molar-refractivity contribution < 1.29 is 24.2 Å². The van der Waals surface area contributed by atoms with Crippen LogP contribution in [0, 0.1) is 5.92 Å². The third kappa shape index (κ3) is 6.01. The van der Waals surface area contributed by atoms with Crippen molar-refractivity contribution in [2.45, 2.75) is 63.2 Å². The lowest BCUT2D eigenvalue weighted by Gasteiger charge is -2.32. The van der Waals surface area contributed by atoms with Crippen molar-refractivity contribution in [1.29, 1.82) is 0 Å². The minimum atomic E-state index is -2.85. The van der Waals surface area contributed by atoms with Gasteiger partial charge in [0.2, 0.25) is 0 Å². The van der Waals surface area contributed by atoms with Gasteiger partial charge in [-0.25, -0.2) is 0 Å². The van der Waals surface area contributed by atoms with Crippen LogP contribution in [-0.2, 0) is 34.6 Å². The number of benzene rings is 3. The number of carbonyl (C=O) groups is 2. The number of halogens is 1. The number of anilines is 2. The number of hydrogen-bond acceptors (Lipinski definition) is 7. The van der Waals surface area contributed by atoms with Gasteiger partial charge < -0.3 is 24.9 Å². The van der Waals surface area contributed by atoms with Gasteiger partial charge in [0, 0.05) is 59.1 Å². The van der Waals surface area contributed by atoms with E-state index in [0.29, 0.717) is 52.6 Å². The number of ether oxygens (including phenoxy) is 1. The molecule has 46 heavy (non-hydrogen) atoms. The minimum absolute atomic E-state index is 0.00988. The molecule has 0 radical (unpaired) electrons. The fourth-order valence-electron chi connectivity index (χ4n) is 7.14. The van der Waals surface area contributed by atoms with E-state index in [4.69, 9.17) is 16.3 Å². The van der Waals surface area contributed by atoms with Crippen molar-refractivity contribution in [2.75, 3.05) is 16.8 Å². The molecule has 0 bridgehead atoms. The molecular weight excluding hydrogens is 622 g/mol. The number of fused-ring (bicyclic) bond motifs is 2. The summed E-state index contributed by atoms with van der Waals surface area (Å²) in [7, 11) is -2.85. The Balaban J connectivity index is 1.29. The highest BCUT2D eigenvalue weighted by molar-refractivity contribution is 6.71. The standard InChI is InChI=1S/C34H38ClN5O5Si/c1-22-31(46(2,3)44)30(14-16-39-21-27(15-17-41)37-38-39)45-34(22)28-19-25(35)12-13-29(28)40(33(34)43)20-23-8-7-11-26(18-23)36-32(42)24-9-5-4-6-10-24/h4-13,18-19,21-22,30-31,41,44H,14-17,20H2,1-3H3,(H,36,42)/t22-,30+,31-,34+/m1/s1. The van der Waals surface area contributed by atoms with E-state index in [1.54, 1.807) is 34.0 Å². The van der Waals surface area contributed by atoms with E-state index < -0.39 is 20.0 Å². The summed E-state index contributed by atoms with van der Waals surface area (Å²) in [5.41, 5.74) is 2.53. The Kier molecular flexibility index (Phi) is 8.88. The summed E-state index contributed by atoms with van der Waals surface area (Å²) >= 11 is 6.54. The van der Waals surface area contributed by atoms with Crippen LogP contribution in [0.2, 0.25) is 23.7 Å². The van der Waals surface area contributed by atoms with Crippen molar-refractivity contribution in [1.82, 2.24) is 15.0 Å². The van der Waals surface area contributed by atoms with Crippen LogP contribution in [0.1, 0.15) is 40.5 Å². The highest BCUT2D eigenvalue weighted by Gasteiger charge is 2.66. The summed E-state index contributed by atoms with van der Waals surface area (Å²) < 4.78 is 8.60. The molecule has 4 aromatic rings. The third-order valence-electron chi connectivity index (χ3n) is 9.10. The molecule has 12 heteroatoms. The Labute approximate surface area is 274 Å². The Bertz CT molecular complexity index is 1750. The summed E-state index contributed by atoms with van der Waals surface area (Å²) in [6.07, 6.45) is 2.32. The van der Waals surface area contributed by atoms with Crippen LogP contribution in [0.5, 0.6) is 0 Å². The molecule has 2 aliphatic rings. The van der Waals surface area contributed by atoms with Crippen LogP contribution < -0.4 is 10.2 Å². The zero-order chi connectivity index (χ0) is 32.6. The second-order valence-electron chi connectivity index (χ2n) is 12.7. The number of rotatable bonds is 10. The number of aromatic nitrogens is 3. The quantitative estimate of drug-likeness (QED) is 0.201. The Morgan fingerprint density at radius 1 is 1.11 bits per heavy atom. The molecule has 4 atom stereocenters. The molecule has 6 rings (SSSR count). The number of nitrogens with zero attached hydrogens (tertiary/aromatic N) is 4. The zero-order valence-electron chi connectivity index (χ0n) is 26.1. The molecule has 10 nitrogen and oxygen atoms in total. The van der Waals surface area contributed by atoms with E-state index in [1.165, 1.54) is 0 Å². The molecule has 3 heterocycles. The summed E-state index contributed by atoms with van der Waals surface area (Å²) in [4.78, 5) is 40.8. The van der Waals surface area contributed by atoms with Crippen LogP contribution in [-0.4, -0.2) is 57.7 Å². The second-order valence-corrected chi connectivity index (χ2v) is 17.1. The Morgan fingerprint density at radius 3 is 2.63 bits per heavy atom. The summed E-state index contributed by atoms with van der Waals surface area (Å²) in [6.45, 7) is 6.50. The van der Waals surface area contributed by atoms with Crippen molar-refractivity contribution in [3.63, 3.8) is 0 Å². The number of nitrogens with one attached hydrogen (secondary N) is 1. The van der Waals surface area contributed by atoms with Gasteiger partial charge in [-0.15, -0.1) is 5.10 Å². The van der Waals surface area contributed by atoms with Crippen LogP contribution in [0.15, 0.2) is 79.0 Å².